The van der Waals surface area contributed by atoms with E-state index in [0.717, 1.165) is 31.2 Å². The van der Waals surface area contributed by atoms with Crippen LogP contribution in [0.15, 0.2) is 0 Å². The molecule has 1 aromatic heterocycles. The minimum atomic E-state index is -0.109. The molecular weight excluding hydrogens is 286 g/mol. The molecule has 21 heavy (non-hydrogen) atoms. The van der Waals surface area contributed by atoms with E-state index in [0.29, 0.717) is 23.2 Å². The quantitative estimate of drug-likeness (QED) is 0.743. The molecule has 6 nitrogen and oxygen atoms in total. The number of amides is 1. The molecule has 1 aliphatic rings. The van der Waals surface area contributed by atoms with Crippen LogP contribution < -0.4 is 16.4 Å². The highest BCUT2D eigenvalue weighted by Gasteiger charge is 2.20. The fourth-order valence-electron chi connectivity index (χ4n) is 2.56. The van der Waals surface area contributed by atoms with E-state index in [1.54, 1.807) is 0 Å². The van der Waals surface area contributed by atoms with E-state index in [2.05, 4.69) is 34.5 Å². The lowest BCUT2D eigenvalue weighted by molar-refractivity contribution is 0.0941. The normalized spacial score (nSPS) is 19.4. The summed E-state index contributed by atoms with van der Waals surface area (Å²) in [7, 11) is 2.13. The molecule has 0 aliphatic carbocycles. The second kappa shape index (κ2) is 7.61. The average Bonchev–Trinajstić information content (AvgIpc) is 2.84. The summed E-state index contributed by atoms with van der Waals surface area (Å²) in [5.41, 5.74) is 5.84. The Kier molecular flexibility index (Phi) is 5.81. The Labute approximate surface area is 130 Å². The van der Waals surface area contributed by atoms with Crippen molar-refractivity contribution in [2.45, 2.75) is 26.2 Å². The SMILES string of the molecule is CCCNc1nc(N)c(C(=O)NCC2CCCN(C)C2)s1. The van der Waals surface area contributed by atoms with Gasteiger partial charge in [-0.2, -0.15) is 0 Å². The number of anilines is 2. The average molecular weight is 311 g/mol. The van der Waals surface area contributed by atoms with Gasteiger partial charge in [0.15, 0.2) is 5.13 Å². The molecule has 4 N–H and O–H groups in total. The number of nitrogen functional groups attached to an aromatic ring is 1. The number of likely N-dealkylation sites (tertiary alicyclic amines) is 1. The number of thiazole rings is 1. The molecule has 1 aromatic rings. The maximum absolute atomic E-state index is 12.2. The summed E-state index contributed by atoms with van der Waals surface area (Å²) < 4.78 is 0. The molecule has 2 rings (SSSR count). The van der Waals surface area contributed by atoms with Gasteiger partial charge in [0.2, 0.25) is 0 Å². The van der Waals surface area contributed by atoms with Gasteiger partial charge >= 0.3 is 0 Å². The van der Waals surface area contributed by atoms with Gasteiger partial charge in [0.1, 0.15) is 10.7 Å². The molecule has 0 radical (unpaired) electrons. The molecule has 1 aliphatic heterocycles. The zero-order valence-electron chi connectivity index (χ0n) is 12.8. The number of piperidine rings is 1. The molecular formula is C14H25N5OS. The molecule has 0 saturated carbocycles. The lowest BCUT2D eigenvalue weighted by Gasteiger charge is -2.29. The van der Waals surface area contributed by atoms with Crippen LogP contribution in [0.4, 0.5) is 10.9 Å². The van der Waals surface area contributed by atoms with E-state index < -0.39 is 0 Å². The fraction of sp³-hybridized carbons (Fsp3) is 0.714. The molecule has 1 atom stereocenters. The third-order valence-electron chi connectivity index (χ3n) is 3.66. The molecule has 2 heterocycles. The summed E-state index contributed by atoms with van der Waals surface area (Å²) in [6.07, 6.45) is 3.38. The van der Waals surface area contributed by atoms with Gasteiger partial charge in [-0.25, -0.2) is 4.98 Å². The van der Waals surface area contributed by atoms with Crippen LogP contribution in [-0.2, 0) is 0 Å². The number of nitrogens with two attached hydrogens (primary N) is 1. The van der Waals surface area contributed by atoms with E-state index in [9.17, 15) is 4.79 Å². The number of nitrogens with one attached hydrogen (secondary N) is 2. The van der Waals surface area contributed by atoms with Crippen molar-refractivity contribution in [3.63, 3.8) is 0 Å². The maximum atomic E-state index is 12.2. The van der Waals surface area contributed by atoms with E-state index in [4.69, 9.17) is 5.73 Å². The topological polar surface area (TPSA) is 83.3 Å². The van der Waals surface area contributed by atoms with Crippen molar-refractivity contribution in [3.05, 3.63) is 4.88 Å². The molecule has 0 bridgehead atoms. The van der Waals surface area contributed by atoms with Gasteiger partial charge in [0.05, 0.1) is 0 Å². The van der Waals surface area contributed by atoms with Gasteiger partial charge in [-0.3, -0.25) is 4.79 Å². The molecule has 118 valence electrons. The van der Waals surface area contributed by atoms with Crippen LogP contribution in [0.5, 0.6) is 0 Å². The third-order valence-corrected chi connectivity index (χ3v) is 4.69. The van der Waals surface area contributed by atoms with Crippen LogP contribution in [0, 0.1) is 5.92 Å². The van der Waals surface area contributed by atoms with Crippen LogP contribution in [0.2, 0.25) is 0 Å². The predicted molar refractivity (Wildman–Crippen MR) is 87.9 cm³/mol. The first-order chi connectivity index (χ1) is 10.1. The summed E-state index contributed by atoms with van der Waals surface area (Å²) in [6, 6.07) is 0. The van der Waals surface area contributed by atoms with Crippen molar-refractivity contribution >= 4 is 28.2 Å². The Morgan fingerprint density at radius 2 is 2.38 bits per heavy atom. The maximum Gasteiger partial charge on any atom is 0.265 e. The van der Waals surface area contributed by atoms with Crippen molar-refractivity contribution in [1.82, 2.24) is 15.2 Å². The standard InChI is InChI=1S/C14H25N5OS/c1-3-6-16-14-18-12(15)11(21-14)13(20)17-8-10-5-4-7-19(2)9-10/h10H,3-9,15H2,1-2H3,(H,16,18)(H,17,20). The summed E-state index contributed by atoms with van der Waals surface area (Å²) in [5.74, 6) is 0.735. The highest BCUT2D eigenvalue weighted by Crippen LogP contribution is 2.25. The fourth-order valence-corrected chi connectivity index (χ4v) is 3.39. The Bertz CT molecular complexity index is 476. The molecule has 0 aromatic carbocycles. The minimum Gasteiger partial charge on any atom is -0.382 e. The van der Waals surface area contributed by atoms with Crippen molar-refractivity contribution < 1.29 is 4.79 Å². The Hall–Kier alpha value is -1.34. The van der Waals surface area contributed by atoms with E-state index in [-0.39, 0.29) is 5.91 Å². The molecule has 0 spiro atoms. The summed E-state index contributed by atoms with van der Waals surface area (Å²) in [6.45, 7) is 5.82. The zero-order chi connectivity index (χ0) is 15.2. The van der Waals surface area contributed by atoms with Gasteiger partial charge in [-0.05, 0) is 38.8 Å². The molecule has 7 heteroatoms. The zero-order valence-corrected chi connectivity index (χ0v) is 13.6. The van der Waals surface area contributed by atoms with Gasteiger partial charge < -0.3 is 21.3 Å². The minimum absolute atomic E-state index is 0.109. The summed E-state index contributed by atoms with van der Waals surface area (Å²) in [5, 5.41) is 6.88. The Balaban J connectivity index is 1.86. The number of rotatable bonds is 6. The number of carbonyl (C=O) groups is 1. The van der Waals surface area contributed by atoms with Crippen LogP contribution in [-0.4, -0.2) is 49.0 Å². The molecule has 1 fully saturated rings. The van der Waals surface area contributed by atoms with Gasteiger partial charge in [0.25, 0.3) is 5.91 Å². The van der Waals surface area contributed by atoms with Crippen molar-refractivity contribution in [2.24, 2.45) is 5.92 Å². The Morgan fingerprint density at radius 1 is 1.57 bits per heavy atom. The van der Waals surface area contributed by atoms with Gasteiger partial charge in [-0.1, -0.05) is 18.3 Å². The first-order valence-electron chi connectivity index (χ1n) is 7.57. The lowest BCUT2D eigenvalue weighted by Crippen LogP contribution is -2.39. The van der Waals surface area contributed by atoms with Crippen molar-refractivity contribution in [3.8, 4) is 0 Å². The molecule has 1 unspecified atom stereocenters. The summed E-state index contributed by atoms with van der Waals surface area (Å²) in [4.78, 5) is 19.2. The smallest absolute Gasteiger partial charge is 0.265 e. The van der Waals surface area contributed by atoms with Crippen LogP contribution in [0.25, 0.3) is 0 Å². The number of aromatic nitrogens is 1. The van der Waals surface area contributed by atoms with Crippen molar-refractivity contribution in [2.75, 3.05) is 44.3 Å². The highest BCUT2D eigenvalue weighted by atomic mass is 32.1. The highest BCUT2D eigenvalue weighted by molar-refractivity contribution is 7.18. The lowest BCUT2D eigenvalue weighted by atomic mass is 9.98. The second-order valence-corrected chi connectivity index (χ2v) is 6.64. The van der Waals surface area contributed by atoms with Crippen LogP contribution >= 0.6 is 11.3 Å². The molecule has 1 amide bonds. The summed E-state index contributed by atoms with van der Waals surface area (Å²) >= 11 is 1.33. The van der Waals surface area contributed by atoms with Crippen molar-refractivity contribution in [1.29, 1.82) is 0 Å². The monoisotopic (exact) mass is 311 g/mol. The first-order valence-corrected chi connectivity index (χ1v) is 8.38. The predicted octanol–water partition coefficient (Wildman–Crippen LogP) is 1.62. The number of nitrogens with zero attached hydrogens (tertiary/aromatic N) is 2. The van der Waals surface area contributed by atoms with Crippen LogP contribution in [0.1, 0.15) is 35.9 Å². The van der Waals surface area contributed by atoms with Crippen LogP contribution in [0.3, 0.4) is 0 Å². The number of hydrogen-bond acceptors (Lipinski definition) is 6. The van der Waals surface area contributed by atoms with Gasteiger partial charge in [-0.15, -0.1) is 0 Å². The second-order valence-electron chi connectivity index (χ2n) is 5.64. The largest absolute Gasteiger partial charge is 0.382 e. The van der Waals surface area contributed by atoms with E-state index in [1.165, 1.54) is 24.2 Å². The number of carbonyl (C=O) groups excluding carboxylic acids is 1. The third kappa shape index (κ3) is 4.57. The first kappa shape index (κ1) is 16.0. The Morgan fingerprint density at radius 3 is 3.10 bits per heavy atom. The molecule has 1 saturated heterocycles. The van der Waals surface area contributed by atoms with E-state index in [1.807, 2.05) is 0 Å². The van der Waals surface area contributed by atoms with Gasteiger partial charge in [0, 0.05) is 19.6 Å². The van der Waals surface area contributed by atoms with E-state index >= 15 is 0 Å². The number of hydrogen-bond donors (Lipinski definition) is 3.